The molecule has 0 aliphatic carbocycles. The maximum Gasteiger partial charge on any atom is 0.337 e. The topological polar surface area (TPSA) is 84.4 Å². The number of para-hydroxylation sites is 1. The average molecular weight is 376 g/mol. The van der Waals surface area contributed by atoms with Gasteiger partial charge < -0.3 is 15.0 Å². The summed E-state index contributed by atoms with van der Waals surface area (Å²) in [5, 5.41) is 2.75. The third-order valence-electron chi connectivity index (χ3n) is 4.09. The average Bonchev–Trinajstić information content (AvgIpc) is 2.75. The fraction of sp³-hybridized carbons (Fsp3) is 0.143. The summed E-state index contributed by atoms with van der Waals surface area (Å²) in [7, 11) is 1.32. The van der Waals surface area contributed by atoms with E-state index in [0.29, 0.717) is 29.3 Å². The second-order valence-corrected chi connectivity index (χ2v) is 5.87. The molecule has 142 valence electrons. The van der Waals surface area contributed by atoms with E-state index >= 15 is 0 Å². The summed E-state index contributed by atoms with van der Waals surface area (Å²) in [5.41, 5.74) is 2.28. The monoisotopic (exact) mass is 376 g/mol. The predicted octanol–water partition coefficient (Wildman–Crippen LogP) is 3.67. The van der Waals surface area contributed by atoms with Crippen LogP contribution in [0, 0.1) is 0 Å². The summed E-state index contributed by atoms with van der Waals surface area (Å²) in [6.07, 6.45) is 2.98. The van der Waals surface area contributed by atoms with Gasteiger partial charge in [-0.2, -0.15) is 0 Å². The number of hydrogen-bond acceptors (Lipinski definition) is 6. The first-order valence-corrected chi connectivity index (χ1v) is 8.76. The molecule has 28 heavy (non-hydrogen) atoms. The number of ether oxygens (including phenoxy) is 1. The number of nitrogens with zero attached hydrogens (tertiary/aromatic N) is 3. The van der Waals surface area contributed by atoms with Crippen LogP contribution in [-0.2, 0) is 4.74 Å². The SMILES string of the molecule is CCN(c1ccccc1)c1ncc(C(=O)Nc2ccc(C(=O)OC)cc2)cn1. The molecule has 0 fully saturated rings. The van der Waals surface area contributed by atoms with E-state index in [1.807, 2.05) is 42.2 Å². The normalized spacial score (nSPS) is 10.2. The van der Waals surface area contributed by atoms with Crippen molar-refractivity contribution in [2.45, 2.75) is 6.92 Å². The number of rotatable bonds is 6. The summed E-state index contributed by atoms with van der Waals surface area (Å²) < 4.78 is 4.65. The number of aromatic nitrogens is 2. The molecule has 0 spiro atoms. The number of benzene rings is 2. The molecule has 1 heterocycles. The molecule has 1 amide bonds. The van der Waals surface area contributed by atoms with Gasteiger partial charge in [0, 0.05) is 30.3 Å². The lowest BCUT2D eigenvalue weighted by Gasteiger charge is -2.20. The van der Waals surface area contributed by atoms with E-state index in [0.717, 1.165) is 5.69 Å². The van der Waals surface area contributed by atoms with Crippen LogP contribution in [0.25, 0.3) is 0 Å². The Bertz CT molecular complexity index is 942. The highest BCUT2D eigenvalue weighted by Gasteiger charge is 2.13. The Morgan fingerprint density at radius 1 is 0.964 bits per heavy atom. The van der Waals surface area contributed by atoms with Gasteiger partial charge in [0.1, 0.15) is 0 Å². The van der Waals surface area contributed by atoms with Gasteiger partial charge in [0.2, 0.25) is 5.95 Å². The van der Waals surface area contributed by atoms with Crippen molar-refractivity contribution in [2.24, 2.45) is 0 Å². The minimum Gasteiger partial charge on any atom is -0.465 e. The van der Waals surface area contributed by atoms with E-state index in [-0.39, 0.29) is 5.91 Å². The van der Waals surface area contributed by atoms with Crippen molar-refractivity contribution < 1.29 is 14.3 Å². The molecule has 2 aromatic carbocycles. The quantitative estimate of drug-likeness (QED) is 0.661. The number of anilines is 3. The molecular weight excluding hydrogens is 356 g/mol. The molecule has 1 N–H and O–H groups in total. The number of carbonyl (C=O) groups is 2. The summed E-state index contributed by atoms with van der Waals surface area (Å²) in [6, 6.07) is 16.2. The molecule has 0 bridgehead atoms. The largest absolute Gasteiger partial charge is 0.465 e. The third-order valence-corrected chi connectivity index (χ3v) is 4.09. The first-order valence-electron chi connectivity index (χ1n) is 8.76. The molecule has 1 aromatic heterocycles. The van der Waals surface area contributed by atoms with Gasteiger partial charge in [0.25, 0.3) is 5.91 Å². The highest BCUT2D eigenvalue weighted by Crippen LogP contribution is 2.21. The Balaban J connectivity index is 1.70. The van der Waals surface area contributed by atoms with Crippen molar-refractivity contribution in [3.63, 3.8) is 0 Å². The van der Waals surface area contributed by atoms with Crippen molar-refractivity contribution in [2.75, 3.05) is 23.9 Å². The van der Waals surface area contributed by atoms with Crippen LogP contribution in [-0.4, -0.2) is 35.5 Å². The summed E-state index contributed by atoms with van der Waals surface area (Å²) >= 11 is 0. The van der Waals surface area contributed by atoms with Gasteiger partial charge >= 0.3 is 5.97 Å². The highest BCUT2D eigenvalue weighted by atomic mass is 16.5. The fourth-order valence-corrected chi connectivity index (χ4v) is 2.64. The molecule has 0 saturated carbocycles. The first kappa shape index (κ1) is 19.0. The standard InChI is InChI=1S/C21H20N4O3/c1-3-25(18-7-5-4-6-8-18)21-22-13-16(14-23-21)19(26)24-17-11-9-15(10-12-17)20(27)28-2/h4-14H,3H2,1-2H3,(H,24,26). The molecule has 0 aliphatic heterocycles. The lowest BCUT2D eigenvalue weighted by atomic mass is 10.2. The third kappa shape index (κ3) is 4.32. The Morgan fingerprint density at radius 3 is 2.18 bits per heavy atom. The van der Waals surface area contributed by atoms with Crippen molar-refractivity contribution in [3.8, 4) is 0 Å². The Kier molecular flexibility index (Phi) is 5.96. The van der Waals surface area contributed by atoms with Crippen molar-refractivity contribution in [3.05, 3.63) is 78.1 Å². The Morgan fingerprint density at radius 2 is 1.61 bits per heavy atom. The van der Waals surface area contributed by atoms with Crippen molar-refractivity contribution in [1.29, 1.82) is 0 Å². The lowest BCUT2D eigenvalue weighted by molar-refractivity contribution is 0.0600. The molecule has 3 rings (SSSR count). The van der Waals surface area contributed by atoms with Gasteiger partial charge in [-0.15, -0.1) is 0 Å². The lowest BCUT2D eigenvalue weighted by Crippen LogP contribution is -2.20. The highest BCUT2D eigenvalue weighted by molar-refractivity contribution is 6.04. The van der Waals surface area contributed by atoms with Crippen molar-refractivity contribution in [1.82, 2.24) is 9.97 Å². The van der Waals surface area contributed by atoms with E-state index in [4.69, 9.17) is 0 Å². The predicted molar refractivity (Wildman–Crippen MR) is 107 cm³/mol. The zero-order chi connectivity index (χ0) is 19.9. The zero-order valence-electron chi connectivity index (χ0n) is 15.6. The number of nitrogens with one attached hydrogen (secondary N) is 1. The van der Waals surface area contributed by atoms with Gasteiger partial charge in [0.05, 0.1) is 18.2 Å². The molecule has 0 saturated heterocycles. The molecule has 7 heteroatoms. The van der Waals surface area contributed by atoms with Crippen LogP contribution >= 0.6 is 0 Å². The second kappa shape index (κ2) is 8.77. The summed E-state index contributed by atoms with van der Waals surface area (Å²) in [4.78, 5) is 34.5. The first-order chi connectivity index (χ1) is 13.6. The number of esters is 1. The molecule has 0 aliphatic rings. The smallest absolute Gasteiger partial charge is 0.337 e. The number of hydrogen-bond donors (Lipinski definition) is 1. The van der Waals surface area contributed by atoms with Crippen LogP contribution in [0.5, 0.6) is 0 Å². The molecule has 0 radical (unpaired) electrons. The molecule has 7 nitrogen and oxygen atoms in total. The van der Waals surface area contributed by atoms with Gasteiger partial charge in [-0.05, 0) is 43.3 Å². The van der Waals surface area contributed by atoms with Crippen LogP contribution in [0.4, 0.5) is 17.3 Å². The van der Waals surface area contributed by atoms with Crippen LogP contribution in [0.1, 0.15) is 27.6 Å². The zero-order valence-corrected chi connectivity index (χ0v) is 15.6. The summed E-state index contributed by atoms with van der Waals surface area (Å²) in [6.45, 7) is 2.71. The Labute approximate surface area is 163 Å². The summed E-state index contributed by atoms with van der Waals surface area (Å²) in [5.74, 6) is -0.242. The van der Waals surface area contributed by atoms with E-state index in [1.54, 1.807) is 24.3 Å². The minimum absolute atomic E-state index is 0.333. The van der Waals surface area contributed by atoms with Gasteiger partial charge in [-0.25, -0.2) is 14.8 Å². The van der Waals surface area contributed by atoms with E-state index < -0.39 is 5.97 Å². The Hall–Kier alpha value is -3.74. The maximum absolute atomic E-state index is 12.4. The van der Waals surface area contributed by atoms with Crippen LogP contribution in [0.15, 0.2) is 67.0 Å². The van der Waals surface area contributed by atoms with E-state index in [9.17, 15) is 9.59 Å². The van der Waals surface area contributed by atoms with Gasteiger partial charge in [-0.1, -0.05) is 18.2 Å². The van der Waals surface area contributed by atoms with Crippen LogP contribution < -0.4 is 10.2 Å². The van der Waals surface area contributed by atoms with Gasteiger partial charge in [0.15, 0.2) is 0 Å². The molecule has 3 aromatic rings. The van der Waals surface area contributed by atoms with E-state index in [2.05, 4.69) is 20.0 Å². The van der Waals surface area contributed by atoms with E-state index in [1.165, 1.54) is 19.5 Å². The molecule has 0 atom stereocenters. The second-order valence-electron chi connectivity index (χ2n) is 5.87. The van der Waals surface area contributed by atoms with Crippen LogP contribution in [0.2, 0.25) is 0 Å². The number of carbonyl (C=O) groups excluding carboxylic acids is 2. The molecular formula is C21H20N4O3. The maximum atomic E-state index is 12.4. The number of amides is 1. The number of methoxy groups -OCH3 is 1. The van der Waals surface area contributed by atoms with Gasteiger partial charge in [-0.3, -0.25) is 4.79 Å². The minimum atomic E-state index is -0.430. The van der Waals surface area contributed by atoms with Crippen molar-refractivity contribution >= 4 is 29.2 Å². The fourth-order valence-electron chi connectivity index (χ4n) is 2.64. The molecule has 0 unspecified atom stereocenters. The van der Waals surface area contributed by atoms with Crippen LogP contribution in [0.3, 0.4) is 0 Å².